The number of hydrogen-bond acceptors (Lipinski definition) is 2. The first kappa shape index (κ1) is 11.2. The molecule has 0 radical (unpaired) electrons. The van der Waals surface area contributed by atoms with Crippen LogP contribution in [-0.2, 0) is 12.8 Å². The summed E-state index contributed by atoms with van der Waals surface area (Å²) in [5.41, 5.74) is 2.73. The molecule has 0 saturated carbocycles. The Morgan fingerprint density at radius 1 is 1.56 bits per heavy atom. The molecule has 0 fully saturated rings. The van der Waals surface area contributed by atoms with Crippen molar-refractivity contribution in [1.82, 2.24) is 14.9 Å². The van der Waals surface area contributed by atoms with Crippen molar-refractivity contribution in [3.8, 4) is 12.3 Å². The molecule has 1 atom stereocenters. The maximum atomic E-state index is 5.21. The Hall–Kier alpha value is -1.27. The van der Waals surface area contributed by atoms with Crippen molar-refractivity contribution >= 4 is 0 Å². The molecule has 1 heterocycles. The highest BCUT2D eigenvalue weighted by atomic mass is 15.1. The van der Waals surface area contributed by atoms with E-state index in [4.69, 9.17) is 6.42 Å². The molecule has 86 valence electrons. The zero-order chi connectivity index (χ0) is 11.4. The van der Waals surface area contributed by atoms with E-state index in [0.717, 1.165) is 13.0 Å². The largest absolute Gasteiger partial charge is 0.330 e. The quantitative estimate of drug-likeness (QED) is 0.612. The Balaban J connectivity index is 2.03. The second-order valence-electron chi connectivity index (χ2n) is 4.44. The molecule has 1 N–H and O–H groups in total. The van der Waals surface area contributed by atoms with Gasteiger partial charge in [0.2, 0.25) is 0 Å². The van der Waals surface area contributed by atoms with E-state index < -0.39 is 0 Å². The lowest BCUT2D eigenvalue weighted by Gasteiger charge is -2.19. The SMILES string of the molecule is C#CCNCC(C)n1cnc2c1CCCC2. The molecule has 3 nitrogen and oxygen atoms in total. The smallest absolute Gasteiger partial charge is 0.0954 e. The van der Waals surface area contributed by atoms with E-state index in [1.807, 2.05) is 6.33 Å². The Labute approximate surface area is 97.3 Å². The maximum absolute atomic E-state index is 5.21. The fourth-order valence-electron chi connectivity index (χ4n) is 2.32. The zero-order valence-electron chi connectivity index (χ0n) is 9.87. The Morgan fingerprint density at radius 2 is 2.38 bits per heavy atom. The van der Waals surface area contributed by atoms with E-state index in [1.54, 1.807) is 0 Å². The van der Waals surface area contributed by atoms with Crippen LogP contribution in [-0.4, -0.2) is 22.6 Å². The van der Waals surface area contributed by atoms with E-state index in [2.05, 4.69) is 27.7 Å². The molecule has 1 aliphatic carbocycles. The standard InChI is InChI=1S/C13H19N3/c1-3-8-14-9-11(2)16-10-15-12-6-4-5-7-13(12)16/h1,10-11,14H,4-9H2,2H3. The molecule has 0 bridgehead atoms. The third kappa shape index (κ3) is 2.28. The Bertz CT molecular complexity index is 386. The number of nitrogens with one attached hydrogen (secondary N) is 1. The predicted octanol–water partition coefficient (Wildman–Crippen LogP) is 1.55. The topological polar surface area (TPSA) is 29.9 Å². The molecule has 2 rings (SSSR count). The molecular formula is C13H19N3. The van der Waals surface area contributed by atoms with Gasteiger partial charge in [0.1, 0.15) is 0 Å². The van der Waals surface area contributed by atoms with Gasteiger partial charge in [0.25, 0.3) is 0 Å². The number of aromatic nitrogens is 2. The van der Waals surface area contributed by atoms with Crippen molar-refractivity contribution in [3.05, 3.63) is 17.7 Å². The van der Waals surface area contributed by atoms with Crippen LogP contribution in [0, 0.1) is 12.3 Å². The fourth-order valence-corrected chi connectivity index (χ4v) is 2.32. The molecular weight excluding hydrogens is 198 g/mol. The van der Waals surface area contributed by atoms with Gasteiger partial charge in [0.05, 0.1) is 18.6 Å². The molecule has 1 aromatic rings. The van der Waals surface area contributed by atoms with Crippen LogP contribution in [0.1, 0.15) is 37.2 Å². The lowest BCUT2D eigenvalue weighted by atomic mass is 10.0. The van der Waals surface area contributed by atoms with Crippen LogP contribution in [0.3, 0.4) is 0 Å². The van der Waals surface area contributed by atoms with Crippen LogP contribution in [0.5, 0.6) is 0 Å². The van der Waals surface area contributed by atoms with Crippen molar-refractivity contribution in [1.29, 1.82) is 0 Å². The minimum Gasteiger partial charge on any atom is -0.330 e. The van der Waals surface area contributed by atoms with Crippen molar-refractivity contribution in [2.24, 2.45) is 0 Å². The highest BCUT2D eigenvalue weighted by Crippen LogP contribution is 2.22. The summed E-state index contributed by atoms with van der Waals surface area (Å²) in [5.74, 6) is 2.59. The number of nitrogens with zero attached hydrogens (tertiary/aromatic N) is 2. The van der Waals surface area contributed by atoms with Gasteiger partial charge >= 0.3 is 0 Å². The molecule has 1 aliphatic rings. The summed E-state index contributed by atoms with van der Waals surface area (Å²) in [5, 5.41) is 3.25. The summed E-state index contributed by atoms with van der Waals surface area (Å²) in [6.07, 6.45) is 12.1. The van der Waals surface area contributed by atoms with Crippen LogP contribution < -0.4 is 5.32 Å². The van der Waals surface area contributed by atoms with Crippen LogP contribution >= 0.6 is 0 Å². The van der Waals surface area contributed by atoms with Gasteiger partial charge in [-0.1, -0.05) is 5.92 Å². The lowest BCUT2D eigenvalue weighted by Crippen LogP contribution is -2.25. The van der Waals surface area contributed by atoms with Gasteiger partial charge in [0.15, 0.2) is 0 Å². The van der Waals surface area contributed by atoms with E-state index in [-0.39, 0.29) is 0 Å². The Kier molecular flexibility index (Phi) is 3.63. The number of imidazole rings is 1. The average molecular weight is 217 g/mol. The number of hydrogen-bond donors (Lipinski definition) is 1. The zero-order valence-corrected chi connectivity index (χ0v) is 9.87. The van der Waals surface area contributed by atoms with Crippen molar-refractivity contribution in [2.45, 2.75) is 38.6 Å². The molecule has 3 heteroatoms. The highest BCUT2D eigenvalue weighted by molar-refractivity contribution is 5.17. The van der Waals surface area contributed by atoms with Gasteiger partial charge in [-0.2, -0.15) is 0 Å². The average Bonchev–Trinajstić information content (AvgIpc) is 2.73. The number of rotatable bonds is 4. The van der Waals surface area contributed by atoms with Crippen molar-refractivity contribution in [3.63, 3.8) is 0 Å². The molecule has 0 spiro atoms. The third-order valence-electron chi connectivity index (χ3n) is 3.20. The second kappa shape index (κ2) is 5.18. The van der Waals surface area contributed by atoms with Crippen molar-refractivity contribution in [2.75, 3.05) is 13.1 Å². The first-order chi connectivity index (χ1) is 7.83. The number of fused-ring (bicyclic) bond motifs is 1. The second-order valence-corrected chi connectivity index (χ2v) is 4.44. The molecule has 0 amide bonds. The van der Waals surface area contributed by atoms with E-state index in [0.29, 0.717) is 12.6 Å². The minimum atomic E-state index is 0.433. The molecule has 16 heavy (non-hydrogen) atoms. The molecule has 1 aromatic heterocycles. The summed E-state index contributed by atoms with van der Waals surface area (Å²) in [7, 11) is 0. The summed E-state index contributed by atoms with van der Waals surface area (Å²) >= 11 is 0. The number of aryl methyl sites for hydroxylation is 1. The van der Waals surface area contributed by atoms with Crippen LogP contribution in [0.4, 0.5) is 0 Å². The summed E-state index contributed by atoms with van der Waals surface area (Å²) in [6, 6.07) is 0.433. The fraction of sp³-hybridized carbons (Fsp3) is 0.615. The van der Waals surface area contributed by atoms with Gasteiger partial charge in [-0.05, 0) is 32.6 Å². The number of terminal acetylenes is 1. The Morgan fingerprint density at radius 3 is 3.19 bits per heavy atom. The lowest BCUT2D eigenvalue weighted by molar-refractivity contribution is 0.484. The maximum Gasteiger partial charge on any atom is 0.0954 e. The summed E-state index contributed by atoms with van der Waals surface area (Å²) in [6.45, 7) is 3.76. The highest BCUT2D eigenvalue weighted by Gasteiger charge is 2.17. The van der Waals surface area contributed by atoms with Crippen molar-refractivity contribution < 1.29 is 0 Å². The summed E-state index contributed by atoms with van der Waals surface area (Å²) in [4.78, 5) is 4.50. The minimum absolute atomic E-state index is 0.433. The van der Waals surface area contributed by atoms with Gasteiger partial charge in [-0.15, -0.1) is 6.42 Å². The molecule has 0 aromatic carbocycles. The monoisotopic (exact) mass is 217 g/mol. The van der Waals surface area contributed by atoms with E-state index in [1.165, 1.54) is 30.7 Å². The predicted molar refractivity (Wildman–Crippen MR) is 65.3 cm³/mol. The summed E-state index contributed by atoms with van der Waals surface area (Å²) < 4.78 is 2.30. The first-order valence-corrected chi connectivity index (χ1v) is 6.01. The van der Waals surface area contributed by atoms with E-state index in [9.17, 15) is 0 Å². The van der Waals surface area contributed by atoms with Gasteiger partial charge in [-0.25, -0.2) is 4.98 Å². The van der Waals surface area contributed by atoms with Crippen LogP contribution in [0.15, 0.2) is 6.33 Å². The van der Waals surface area contributed by atoms with E-state index >= 15 is 0 Å². The van der Waals surface area contributed by atoms with Crippen LogP contribution in [0.2, 0.25) is 0 Å². The van der Waals surface area contributed by atoms with Gasteiger partial charge in [0, 0.05) is 18.3 Å². The van der Waals surface area contributed by atoms with Gasteiger partial charge < -0.3 is 9.88 Å². The first-order valence-electron chi connectivity index (χ1n) is 6.01. The molecule has 0 aliphatic heterocycles. The van der Waals surface area contributed by atoms with Gasteiger partial charge in [-0.3, -0.25) is 0 Å². The molecule has 1 unspecified atom stereocenters. The van der Waals surface area contributed by atoms with Crippen LogP contribution in [0.25, 0.3) is 0 Å². The normalized spacial score (nSPS) is 16.5. The molecule has 0 saturated heterocycles. The third-order valence-corrected chi connectivity index (χ3v) is 3.20.